The molecule has 3 heterocycles. The summed E-state index contributed by atoms with van der Waals surface area (Å²) in [4.78, 5) is 33.6. The second kappa shape index (κ2) is 7.31. The second-order valence-electron chi connectivity index (χ2n) is 6.38. The molecule has 0 atom stereocenters. The number of amides is 2. The van der Waals surface area contributed by atoms with Crippen molar-refractivity contribution < 1.29 is 9.59 Å². The average Bonchev–Trinajstić information content (AvgIpc) is 3.08. The molecule has 2 aromatic rings. The molecule has 130 valence electrons. The zero-order chi connectivity index (χ0) is 17.1. The van der Waals surface area contributed by atoms with Crippen LogP contribution in [-0.2, 0) is 16.0 Å². The smallest absolute Gasteiger partial charge is 0.234 e. The van der Waals surface area contributed by atoms with Crippen molar-refractivity contribution >= 4 is 28.1 Å². The van der Waals surface area contributed by atoms with Gasteiger partial charge in [-0.25, -0.2) is 4.98 Å². The average molecular weight is 349 g/mol. The number of aromatic nitrogens is 2. The third-order valence-electron chi connectivity index (χ3n) is 4.02. The van der Waals surface area contributed by atoms with E-state index in [-0.39, 0.29) is 17.9 Å². The van der Waals surface area contributed by atoms with Gasteiger partial charge in [-0.05, 0) is 13.8 Å². The number of hydrogen-bond acceptors (Lipinski definition) is 5. The van der Waals surface area contributed by atoms with E-state index in [0.717, 1.165) is 23.7 Å². The quantitative estimate of drug-likeness (QED) is 0.859. The number of carbonyl (C=O) groups excluding carboxylic acids is 2. The molecule has 0 bridgehead atoms. The van der Waals surface area contributed by atoms with Gasteiger partial charge in [-0.2, -0.15) is 0 Å². The summed E-state index contributed by atoms with van der Waals surface area (Å²) in [5.74, 6) is 0.148. The fraction of sp³-hybridized carbons (Fsp3) is 0.562. The molecule has 2 amide bonds. The van der Waals surface area contributed by atoms with E-state index in [1.165, 1.54) is 0 Å². The van der Waals surface area contributed by atoms with E-state index >= 15 is 0 Å². The number of thiazole rings is 1. The Bertz CT molecular complexity index is 686. The van der Waals surface area contributed by atoms with Crippen LogP contribution in [0, 0.1) is 0 Å². The van der Waals surface area contributed by atoms with Gasteiger partial charge in [0.2, 0.25) is 11.8 Å². The molecule has 24 heavy (non-hydrogen) atoms. The van der Waals surface area contributed by atoms with E-state index in [1.807, 2.05) is 40.9 Å². The van der Waals surface area contributed by atoms with Crippen molar-refractivity contribution in [3.63, 3.8) is 0 Å². The Kier molecular flexibility index (Phi) is 5.15. The molecule has 1 N–H and O–H groups in total. The first-order valence-corrected chi connectivity index (χ1v) is 9.10. The number of rotatable bonds is 5. The van der Waals surface area contributed by atoms with Gasteiger partial charge in [0.15, 0.2) is 4.96 Å². The van der Waals surface area contributed by atoms with Gasteiger partial charge >= 0.3 is 0 Å². The van der Waals surface area contributed by atoms with Crippen molar-refractivity contribution in [2.45, 2.75) is 26.3 Å². The van der Waals surface area contributed by atoms with Crippen molar-refractivity contribution in [2.24, 2.45) is 0 Å². The summed E-state index contributed by atoms with van der Waals surface area (Å²) in [7, 11) is 0. The summed E-state index contributed by atoms with van der Waals surface area (Å²) in [5.41, 5.74) is 0.811. The van der Waals surface area contributed by atoms with Crippen LogP contribution >= 0.6 is 11.3 Å². The number of piperazine rings is 1. The molecule has 7 nitrogen and oxygen atoms in total. The summed E-state index contributed by atoms with van der Waals surface area (Å²) < 4.78 is 1.94. The largest absolute Gasteiger partial charge is 0.353 e. The highest BCUT2D eigenvalue weighted by atomic mass is 32.1. The Balaban J connectivity index is 1.46. The van der Waals surface area contributed by atoms with E-state index in [2.05, 4.69) is 15.2 Å². The van der Waals surface area contributed by atoms with Gasteiger partial charge in [-0.1, -0.05) is 0 Å². The van der Waals surface area contributed by atoms with Gasteiger partial charge in [-0.15, -0.1) is 11.3 Å². The number of nitrogens with one attached hydrogen (secondary N) is 1. The van der Waals surface area contributed by atoms with E-state index in [9.17, 15) is 9.59 Å². The van der Waals surface area contributed by atoms with Gasteiger partial charge in [-0.3, -0.25) is 18.9 Å². The predicted octanol–water partition coefficient (Wildman–Crippen LogP) is 0.607. The van der Waals surface area contributed by atoms with Crippen molar-refractivity contribution in [1.82, 2.24) is 24.5 Å². The first-order chi connectivity index (χ1) is 11.5. The molecule has 1 aliphatic heterocycles. The molecule has 8 heteroatoms. The van der Waals surface area contributed by atoms with Gasteiger partial charge in [0.1, 0.15) is 0 Å². The van der Waals surface area contributed by atoms with Crippen molar-refractivity contribution in [2.75, 3.05) is 32.7 Å². The van der Waals surface area contributed by atoms with E-state index in [4.69, 9.17) is 0 Å². The van der Waals surface area contributed by atoms with Gasteiger partial charge < -0.3 is 10.2 Å². The molecule has 0 saturated carbocycles. The molecule has 0 radical (unpaired) electrons. The number of fused-ring (bicyclic) bond motifs is 1. The van der Waals surface area contributed by atoms with Crippen molar-refractivity contribution in [3.8, 4) is 0 Å². The molecular formula is C16H23N5O2S. The van der Waals surface area contributed by atoms with Gasteiger partial charge in [0.25, 0.3) is 0 Å². The predicted molar refractivity (Wildman–Crippen MR) is 93.1 cm³/mol. The Morgan fingerprint density at radius 2 is 2.04 bits per heavy atom. The Morgan fingerprint density at radius 3 is 2.71 bits per heavy atom. The van der Waals surface area contributed by atoms with Crippen LogP contribution in [0.3, 0.4) is 0 Å². The molecule has 1 saturated heterocycles. The Hall–Kier alpha value is -1.93. The Morgan fingerprint density at radius 1 is 1.29 bits per heavy atom. The molecule has 3 rings (SSSR count). The van der Waals surface area contributed by atoms with Crippen LogP contribution in [0.4, 0.5) is 0 Å². The van der Waals surface area contributed by atoms with E-state index in [0.29, 0.717) is 26.1 Å². The zero-order valence-electron chi connectivity index (χ0n) is 14.1. The maximum atomic E-state index is 12.4. The highest BCUT2D eigenvalue weighted by Gasteiger charge is 2.23. The zero-order valence-corrected chi connectivity index (χ0v) is 14.9. The molecular weight excluding hydrogens is 326 g/mol. The molecule has 2 aromatic heterocycles. The summed E-state index contributed by atoms with van der Waals surface area (Å²) in [6.07, 6.45) is 4.19. The molecule has 0 unspecified atom stereocenters. The minimum Gasteiger partial charge on any atom is -0.353 e. The van der Waals surface area contributed by atoms with Crippen LogP contribution in [-0.4, -0.2) is 69.8 Å². The first kappa shape index (κ1) is 16.9. The fourth-order valence-electron chi connectivity index (χ4n) is 2.85. The highest BCUT2D eigenvalue weighted by Crippen LogP contribution is 2.13. The first-order valence-electron chi connectivity index (χ1n) is 8.22. The third-order valence-corrected chi connectivity index (χ3v) is 4.79. The lowest BCUT2D eigenvalue weighted by Crippen LogP contribution is -2.51. The molecule has 0 spiro atoms. The van der Waals surface area contributed by atoms with Gasteiger partial charge in [0.05, 0.1) is 18.7 Å². The minimum absolute atomic E-state index is 0.0443. The molecule has 1 fully saturated rings. The van der Waals surface area contributed by atoms with Crippen molar-refractivity contribution in [1.29, 1.82) is 0 Å². The minimum atomic E-state index is 0.0443. The van der Waals surface area contributed by atoms with Crippen LogP contribution in [0.15, 0.2) is 17.8 Å². The number of nitrogens with zero attached hydrogens (tertiary/aromatic N) is 4. The second-order valence-corrected chi connectivity index (χ2v) is 7.25. The summed E-state index contributed by atoms with van der Waals surface area (Å²) in [6.45, 7) is 7.10. The topological polar surface area (TPSA) is 70.0 Å². The van der Waals surface area contributed by atoms with Crippen LogP contribution in [0.25, 0.3) is 4.96 Å². The van der Waals surface area contributed by atoms with Gasteiger partial charge in [0, 0.05) is 50.0 Å². The SMILES string of the molecule is CC(C)NC(=O)CN1CCN(C(=O)Cc2cn3ccsc3n2)CC1. The lowest BCUT2D eigenvalue weighted by atomic mass is 10.2. The van der Waals surface area contributed by atoms with Crippen LogP contribution in [0.2, 0.25) is 0 Å². The number of carbonyl (C=O) groups is 2. The lowest BCUT2D eigenvalue weighted by Gasteiger charge is -2.34. The third kappa shape index (κ3) is 4.12. The maximum absolute atomic E-state index is 12.4. The molecule has 1 aliphatic rings. The van der Waals surface area contributed by atoms with Crippen LogP contribution in [0.1, 0.15) is 19.5 Å². The maximum Gasteiger partial charge on any atom is 0.234 e. The monoisotopic (exact) mass is 349 g/mol. The molecule has 0 aliphatic carbocycles. The van der Waals surface area contributed by atoms with Crippen LogP contribution < -0.4 is 5.32 Å². The summed E-state index contributed by atoms with van der Waals surface area (Å²) >= 11 is 1.56. The summed E-state index contributed by atoms with van der Waals surface area (Å²) in [6, 6.07) is 0.157. The highest BCUT2D eigenvalue weighted by molar-refractivity contribution is 7.15. The standard InChI is InChI=1S/C16H23N5O2S/c1-12(2)17-14(22)11-19-3-5-20(6-4-19)15(23)9-13-10-21-7-8-24-16(21)18-13/h7-8,10,12H,3-6,9,11H2,1-2H3,(H,17,22). The fourth-order valence-corrected chi connectivity index (χ4v) is 3.57. The van der Waals surface area contributed by atoms with E-state index in [1.54, 1.807) is 11.3 Å². The molecule has 0 aromatic carbocycles. The Labute approximate surface area is 145 Å². The lowest BCUT2D eigenvalue weighted by molar-refractivity contribution is -0.132. The van der Waals surface area contributed by atoms with Crippen LogP contribution in [0.5, 0.6) is 0 Å². The summed E-state index contributed by atoms with van der Waals surface area (Å²) in [5, 5.41) is 4.87. The number of imidazole rings is 1. The van der Waals surface area contributed by atoms with E-state index < -0.39 is 0 Å². The normalized spacial score (nSPS) is 16.0. The van der Waals surface area contributed by atoms with Crippen molar-refractivity contribution in [3.05, 3.63) is 23.5 Å². The number of hydrogen-bond donors (Lipinski definition) is 1.